The van der Waals surface area contributed by atoms with Crippen molar-refractivity contribution in [2.45, 2.75) is 18.6 Å². The van der Waals surface area contributed by atoms with E-state index in [-0.39, 0.29) is 11.3 Å². The molecule has 16 heavy (non-hydrogen) atoms. The molecule has 0 bridgehead atoms. The number of ether oxygens (including phenoxy) is 1. The van der Waals surface area contributed by atoms with Crippen LogP contribution in [0.5, 0.6) is 0 Å². The number of rotatable bonds is 2. The van der Waals surface area contributed by atoms with E-state index < -0.39 is 22.9 Å². The zero-order valence-electron chi connectivity index (χ0n) is 8.30. The molecule has 1 fully saturated rings. The van der Waals surface area contributed by atoms with Gasteiger partial charge in [0.15, 0.2) is 6.29 Å². The van der Waals surface area contributed by atoms with Crippen LogP contribution in [-0.4, -0.2) is 22.9 Å². The van der Waals surface area contributed by atoms with Gasteiger partial charge in [0.2, 0.25) is 0 Å². The van der Waals surface area contributed by atoms with Crippen LogP contribution in [0.3, 0.4) is 0 Å². The molecule has 86 valence electrons. The highest BCUT2D eigenvalue weighted by Crippen LogP contribution is 2.35. The molecule has 1 N–H and O–H groups in total. The third-order valence-corrected chi connectivity index (χ3v) is 2.65. The van der Waals surface area contributed by atoms with Crippen LogP contribution < -0.4 is 0 Å². The largest absolute Gasteiger partial charge is 0.367 e. The second-order valence-corrected chi connectivity index (χ2v) is 3.62. The first kappa shape index (κ1) is 11.0. The van der Waals surface area contributed by atoms with Crippen LogP contribution in [0.15, 0.2) is 18.2 Å². The van der Waals surface area contributed by atoms with E-state index in [9.17, 15) is 19.6 Å². The molecule has 0 spiro atoms. The number of benzene rings is 1. The van der Waals surface area contributed by atoms with Crippen LogP contribution in [-0.2, 0) is 4.74 Å². The smallest absolute Gasteiger partial charge is 0.273 e. The molecular formula is C10H10FNO4. The zero-order valence-corrected chi connectivity index (χ0v) is 8.30. The SMILES string of the molecule is O=[N+]([O-])c1ccc(F)cc1C1CCOC1O. The highest BCUT2D eigenvalue weighted by atomic mass is 19.1. The van der Waals surface area contributed by atoms with Gasteiger partial charge in [-0.25, -0.2) is 4.39 Å². The summed E-state index contributed by atoms with van der Waals surface area (Å²) < 4.78 is 18.0. The molecule has 1 aliphatic heterocycles. The summed E-state index contributed by atoms with van der Waals surface area (Å²) in [6.45, 7) is 0.319. The summed E-state index contributed by atoms with van der Waals surface area (Å²) >= 11 is 0. The molecule has 1 saturated heterocycles. The van der Waals surface area contributed by atoms with E-state index >= 15 is 0 Å². The van der Waals surface area contributed by atoms with Crippen molar-refractivity contribution in [2.75, 3.05) is 6.61 Å². The third-order valence-electron chi connectivity index (χ3n) is 2.65. The maximum absolute atomic E-state index is 13.0. The summed E-state index contributed by atoms with van der Waals surface area (Å²) in [5, 5.41) is 20.2. The molecule has 0 saturated carbocycles. The van der Waals surface area contributed by atoms with Gasteiger partial charge in [0.1, 0.15) is 5.82 Å². The molecule has 0 aromatic heterocycles. The number of nitrogens with zero attached hydrogens (tertiary/aromatic N) is 1. The van der Waals surface area contributed by atoms with Crippen molar-refractivity contribution in [1.29, 1.82) is 0 Å². The molecule has 6 heteroatoms. The predicted molar refractivity (Wildman–Crippen MR) is 52.4 cm³/mol. The lowest BCUT2D eigenvalue weighted by Crippen LogP contribution is -2.14. The summed E-state index contributed by atoms with van der Waals surface area (Å²) in [6, 6.07) is 3.22. The van der Waals surface area contributed by atoms with Crippen molar-refractivity contribution in [3.8, 4) is 0 Å². The number of aliphatic hydroxyl groups is 1. The number of nitro groups is 1. The average molecular weight is 227 g/mol. The Balaban J connectivity index is 2.44. The summed E-state index contributed by atoms with van der Waals surface area (Å²) in [5.41, 5.74) is 0.00551. The average Bonchev–Trinajstić information content (AvgIpc) is 2.63. The van der Waals surface area contributed by atoms with Gasteiger partial charge in [0.05, 0.1) is 11.5 Å². The van der Waals surface area contributed by atoms with E-state index in [1.54, 1.807) is 0 Å². The third kappa shape index (κ3) is 1.89. The van der Waals surface area contributed by atoms with Gasteiger partial charge in [-0.1, -0.05) is 0 Å². The normalized spacial score (nSPS) is 24.6. The van der Waals surface area contributed by atoms with Crippen molar-refractivity contribution in [1.82, 2.24) is 0 Å². The molecule has 1 aromatic carbocycles. The molecule has 2 rings (SSSR count). The van der Waals surface area contributed by atoms with Gasteiger partial charge in [-0.3, -0.25) is 10.1 Å². The summed E-state index contributed by atoms with van der Waals surface area (Å²) in [5.74, 6) is -1.09. The Bertz CT molecular complexity index is 423. The Morgan fingerprint density at radius 2 is 2.31 bits per heavy atom. The summed E-state index contributed by atoms with van der Waals surface area (Å²) in [4.78, 5) is 10.2. The monoisotopic (exact) mass is 227 g/mol. The van der Waals surface area contributed by atoms with E-state index in [4.69, 9.17) is 4.74 Å². The Kier molecular flexibility index (Phi) is 2.84. The molecule has 1 aliphatic rings. The Morgan fingerprint density at radius 3 is 2.88 bits per heavy atom. The van der Waals surface area contributed by atoms with E-state index in [2.05, 4.69) is 0 Å². The second-order valence-electron chi connectivity index (χ2n) is 3.62. The molecule has 2 atom stereocenters. The van der Waals surface area contributed by atoms with Crippen molar-refractivity contribution < 1.29 is 19.2 Å². The van der Waals surface area contributed by atoms with E-state index in [1.807, 2.05) is 0 Å². The van der Waals surface area contributed by atoms with Crippen LogP contribution in [0.25, 0.3) is 0 Å². The van der Waals surface area contributed by atoms with Gasteiger partial charge in [-0.15, -0.1) is 0 Å². The molecule has 1 aromatic rings. The molecule has 0 aliphatic carbocycles. The molecule has 0 amide bonds. The summed E-state index contributed by atoms with van der Waals surface area (Å²) in [6.07, 6.45) is -0.647. The molecular weight excluding hydrogens is 217 g/mol. The van der Waals surface area contributed by atoms with Gasteiger partial charge in [-0.05, 0) is 18.6 Å². The summed E-state index contributed by atoms with van der Waals surface area (Å²) in [7, 11) is 0. The highest BCUT2D eigenvalue weighted by Gasteiger charge is 2.33. The minimum Gasteiger partial charge on any atom is -0.367 e. The molecule has 0 radical (unpaired) electrons. The van der Waals surface area contributed by atoms with Crippen LogP contribution in [0.4, 0.5) is 10.1 Å². The topological polar surface area (TPSA) is 72.6 Å². The van der Waals surface area contributed by atoms with Gasteiger partial charge < -0.3 is 9.84 Å². The van der Waals surface area contributed by atoms with Gasteiger partial charge in [-0.2, -0.15) is 0 Å². The number of halogens is 1. The first-order chi connectivity index (χ1) is 7.59. The fourth-order valence-corrected chi connectivity index (χ4v) is 1.87. The van der Waals surface area contributed by atoms with Crippen LogP contribution in [0.2, 0.25) is 0 Å². The Morgan fingerprint density at radius 1 is 1.56 bits per heavy atom. The highest BCUT2D eigenvalue weighted by molar-refractivity contribution is 5.43. The Hall–Kier alpha value is -1.53. The van der Waals surface area contributed by atoms with Crippen molar-refractivity contribution >= 4 is 5.69 Å². The van der Waals surface area contributed by atoms with Crippen molar-refractivity contribution in [2.24, 2.45) is 0 Å². The lowest BCUT2D eigenvalue weighted by molar-refractivity contribution is -0.386. The Labute approximate surface area is 90.6 Å². The van der Waals surface area contributed by atoms with Crippen LogP contribution in [0.1, 0.15) is 17.9 Å². The van der Waals surface area contributed by atoms with Crippen LogP contribution >= 0.6 is 0 Å². The quantitative estimate of drug-likeness (QED) is 0.614. The lowest BCUT2D eigenvalue weighted by atomic mass is 9.95. The first-order valence-corrected chi connectivity index (χ1v) is 4.83. The van der Waals surface area contributed by atoms with Gasteiger partial charge >= 0.3 is 0 Å². The van der Waals surface area contributed by atoms with E-state index in [0.717, 1.165) is 18.2 Å². The molecule has 2 unspecified atom stereocenters. The number of hydrogen-bond acceptors (Lipinski definition) is 4. The van der Waals surface area contributed by atoms with Crippen LogP contribution in [0, 0.1) is 15.9 Å². The lowest BCUT2D eigenvalue weighted by Gasteiger charge is -2.13. The number of aliphatic hydroxyl groups excluding tert-OH is 1. The van der Waals surface area contributed by atoms with E-state index in [1.165, 1.54) is 0 Å². The van der Waals surface area contributed by atoms with E-state index in [0.29, 0.717) is 13.0 Å². The molecule has 1 heterocycles. The van der Waals surface area contributed by atoms with Crippen molar-refractivity contribution in [3.63, 3.8) is 0 Å². The number of hydrogen-bond donors (Lipinski definition) is 1. The second kappa shape index (κ2) is 4.15. The number of nitro benzene ring substituents is 1. The van der Waals surface area contributed by atoms with Gasteiger partial charge in [0.25, 0.3) is 5.69 Å². The maximum atomic E-state index is 13.0. The van der Waals surface area contributed by atoms with Crippen molar-refractivity contribution in [3.05, 3.63) is 39.7 Å². The van der Waals surface area contributed by atoms with Gasteiger partial charge in [0, 0.05) is 17.5 Å². The maximum Gasteiger partial charge on any atom is 0.273 e. The first-order valence-electron chi connectivity index (χ1n) is 4.83. The zero-order chi connectivity index (χ0) is 11.7. The standard InChI is InChI=1S/C10H10FNO4/c11-6-1-2-9(12(14)15)8(5-6)7-3-4-16-10(7)13/h1-2,5,7,10,13H,3-4H2. The minimum absolute atomic E-state index is 0.184. The molecule has 5 nitrogen and oxygen atoms in total. The fourth-order valence-electron chi connectivity index (χ4n) is 1.87. The fraction of sp³-hybridized carbons (Fsp3) is 0.400. The minimum atomic E-state index is -1.10. The predicted octanol–water partition coefficient (Wildman–Crippen LogP) is 1.56.